The number of benzene rings is 3. The lowest BCUT2D eigenvalue weighted by Gasteiger charge is -2.12. The molecule has 0 bridgehead atoms. The van der Waals surface area contributed by atoms with Gasteiger partial charge in [-0.05, 0) is 42.0 Å². The van der Waals surface area contributed by atoms with E-state index >= 15 is 0 Å². The summed E-state index contributed by atoms with van der Waals surface area (Å²) in [6.45, 7) is 0.249. The lowest BCUT2D eigenvalue weighted by molar-refractivity contribution is -0.145. The number of esters is 1. The molecule has 0 unspecified atom stereocenters. The van der Waals surface area contributed by atoms with E-state index in [9.17, 15) is 14.4 Å². The number of rotatable bonds is 4. The lowest BCUT2D eigenvalue weighted by atomic mass is 9.93. The predicted octanol–water partition coefficient (Wildman–Crippen LogP) is 3.91. The minimum atomic E-state index is -0.362. The van der Waals surface area contributed by atoms with Gasteiger partial charge in [0.25, 0.3) is 11.8 Å². The van der Waals surface area contributed by atoms with Crippen LogP contribution in [0.15, 0.2) is 54.6 Å². The normalized spacial score (nSPS) is 14.6. The fourth-order valence-electron chi connectivity index (χ4n) is 5.21. The second-order valence-electron chi connectivity index (χ2n) is 8.32. The highest BCUT2D eigenvalue weighted by Gasteiger charge is 2.37. The molecule has 0 saturated carbocycles. The molecule has 0 atom stereocenters. The van der Waals surface area contributed by atoms with Crippen molar-refractivity contribution in [2.45, 2.75) is 32.4 Å². The van der Waals surface area contributed by atoms with Gasteiger partial charge in [-0.1, -0.05) is 48.5 Å². The summed E-state index contributed by atoms with van der Waals surface area (Å²) in [5.41, 5.74) is 5.63. The monoisotopic (exact) mass is 424 g/mol. The minimum absolute atomic E-state index is 0.0393. The van der Waals surface area contributed by atoms with Gasteiger partial charge in [0.1, 0.15) is 13.2 Å². The largest absolute Gasteiger partial charge is 0.459 e. The third-order valence-electron chi connectivity index (χ3n) is 6.49. The van der Waals surface area contributed by atoms with Gasteiger partial charge in [0.05, 0.1) is 16.6 Å². The van der Waals surface area contributed by atoms with Crippen LogP contribution in [0.2, 0.25) is 0 Å². The van der Waals surface area contributed by atoms with E-state index in [1.54, 1.807) is 0 Å². The molecule has 6 heteroatoms. The lowest BCUT2D eigenvalue weighted by Crippen LogP contribution is -2.20. The van der Waals surface area contributed by atoms with E-state index in [1.165, 1.54) is 0 Å². The van der Waals surface area contributed by atoms with Crippen molar-refractivity contribution in [2.75, 3.05) is 0 Å². The Balaban J connectivity index is 1.52. The molecule has 2 heterocycles. The number of carbonyl (C=O) groups is 3. The number of aryl methyl sites for hydroxylation is 1. The molecule has 6 nitrogen and oxygen atoms in total. The van der Waals surface area contributed by atoms with Gasteiger partial charge >= 0.3 is 5.97 Å². The number of aromatic nitrogens is 1. The van der Waals surface area contributed by atoms with Gasteiger partial charge < -0.3 is 9.30 Å². The van der Waals surface area contributed by atoms with Gasteiger partial charge in [0.2, 0.25) is 0 Å². The van der Waals surface area contributed by atoms with Crippen molar-refractivity contribution in [2.24, 2.45) is 0 Å². The minimum Gasteiger partial charge on any atom is -0.459 e. The van der Waals surface area contributed by atoms with E-state index in [1.807, 2.05) is 59.2 Å². The fraction of sp³-hybridized carbons (Fsp3) is 0.192. The third kappa shape index (κ3) is 2.69. The Bertz CT molecular complexity index is 1450. The van der Waals surface area contributed by atoms with E-state index in [4.69, 9.17) is 4.74 Å². The summed E-state index contributed by atoms with van der Waals surface area (Å²) in [7, 11) is 0. The molecule has 32 heavy (non-hydrogen) atoms. The quantitative estimate of drug-likeness (QED) is 0.398. The number of amides is 2. The molecule has 1 aliphatic heterocycles. The average Bonchev–Trinajstić information content (AvgIpc) is 3.48. The SMILES string of the molecule is O=C(Cn1c2ccccc2c2c3c(c4c(c21)CCC4)C(=O)NC3=O)OCc1ccccc1. The van der Waals surface area contributed by atoms with E-state index < -0.39 is 0 Å². The van der Waals surface area contributed by atoms with E-state index in [0.717, 1.165) is 57.8 Å². The van der Waals surface area contributed by atoms with E-state index in [2.05, 4.69) is 5.32 Å². The van der Waals surface area contributed by atoms with Crippen molar-refractivity contribution >= 4 is 39.6 Å². The zero-order valence-corrected chi connectivity index (χ0v) is 17.3. The first kappa shape index (κ1) is 18.8. The molecule has 1 aromatic heterocycles. The van der Waals surface area contributed by atoms with Gasteiger partial charge in [-0.3, -0.25) is 19.7 Å². The molecule has 2 amide bonds. The van der Waals surface area contributed by atoms with Crippen LogP contribution in [0.4, 0.5) is 0 Å². The van der Waals surface area contributed by atoms with Crippen LogP contribution in [0.3, 0.4) is 0 Å². The molecule has 2 aliphatic rings. The predicted molar refractivity (Wildman–Crippen MR) is 120 cm³/mol. The maximum atomic E-state index is 12.8. The molecule has 158 valence electrons. The molecular weight excluding hydrogens is 404 g/mol. The van der Waals surface area contributed by atoms with Crippen LogP contribution in [-0.2, 0) is 35.5 Å². The first-order chi connectivity index (χ1) is 15.6. The van der Waals surface area contributed by atoms with Gasteiger partial charge in [-0.25, -0.2) is 0 Å². The van der Waals surface area contributed by atoms with Crippen LogP contribution in [-0.4, -0.2) is 22.4 Å². The van der Waals surface area contributed by atoms with Crippen molar-refractivity contribution in [3.63, 3.8) is 0 Å². The Morgan fingerprint density at radius 2 is 1.62 bits per heavy atom. The van der Waals surface area contributed by atoms with Gasteiger partial charge in [0.15, 0.2) is 0 Å². The number of nitrogens with one attached hydrogen (secondary N) is 1. The first-order valence-electron chi connectivity index (χ1n) is 10.8. The van der Waals surface area contributed by atoms with Gasteiger partial charge in [-0.2, -0.15) is 0 Å². The van der Waals surface area contributed by atoms with E-state index in [0.29, 0.717) is 11.1 Å². The summed E-state index contributed by atoms with van der Waals surface area (Å²) in [5, 5.41) is 4.11. The van der Waals surface area contributed by atoms with Gasteiger partial charge in [0, 0.05) is 16.3 Å². The molecular formula is C26H20N2O4. The summed E-state index contributed by atoms with van der Waals surface area (Å²) >= 11 is 0. The van der Waals surface area contributed by atoms with Crippen molar-refractivity contribution in [1.29, 1.82) is 0 Å². The number of nitrogens with zero attached hydrogens (tertiary/aromatic N) is 1. The summed E-state index contributed by atoms with van der Waals surface area (Å²) < 4.78 is 7.51. The average molecular weight is 424 g/mol. The highest BCUT2D eigenvalue weighted by atomic mass is 16.5. The maximum absolute atomic E-state index is 12.8. The molecule has 1 aliphatic carbocycles. The molecule has 0 radical (unpaired) electrons. The van der Waals surface area contributed by atoms with Crippen molar-refractivity contribution in [3.05, 3.63) is 82.4 Å². The van der Waals surface area contributed by atoms with Crippen LogP contribution >= 0.6 is 0 Å². The van der Waals surface area contributed by atoms with Crippen molar-refractivity contribution in [3.8, 4) is 0 Å². The molecule has 1 N–H and O–H groups in total. The first-order valence-corrected chi connectivity index (χ1v) is 10.8. The number of ether oxygens (including phenoxy) is 1. The number of hydrogen-bond donors (Lipinski definition) is 1. The smallest absolute Gasteiger partial charge is 0.326 e. The number of hydrogen-bond acceptors (Lipinski definition) is 4. The van der Waals surface area contributed by atoms with Crippen LogP contribution in [0.25, 0.3) is 21.8 Å². The highest BCUT2D eigenvalue weighted by Crippen LogP contribution is 2.42. The van der Waals surface area contributed by atoms with Gasteiger partial charge in [-0.15, -0.1) is 0 Å². The second kappa shape index (κ2) is 7.05. The summed E-state index contributed by atoms with van der Waals surface area (Å²) in [5.74, 6) is -1.02. The molecule has 0 fully saturated rings. The standard InChI is InChI=1S/C26H20N2O4/c29-20(32-14-15-7-2-1-3-8-15)13-28-19-12-5-4-9-18(19)21-23-22(25(30)27-26(23)31)16-10-6-11-17(16)24(21)28/h1-5,7-9,12H,6,10-11,13-14H2,(H,27,30,31). The molecule has 3 aromatic carbocycles. The fourth-order valence-corrected chi connectivity index (χ4v) is 5.21. The highest BCUT2D eigenvalue weighted by molar-refractivity contribution is 6.31. The Morgan fingerprint density at radius 1 is 0.906 bits per heavy atom. The Hall–Kier alpha value is -3.93. The zero-order valence-electron chi connectivity index (χ0n) is 17.3. The summed E-state index contributed by atoms with van der Waals surface area (Å²) in [4.78, 5) is 38.2. The molecule has 6 rings (SSSR count). The number of para-hydroxylation sites is 1. The van der Waals surface area contributed by atoms with Crippen molar-refractivity contribution < 1.29 is 19.1 Å². The number of carbonyl (C=O) groups excluding carboxylic acids is 3. The molecule has 0 saturated heterocycles. The third-order valence-corrected chi connectivity index (χ3v) is 6.49. The van der Waals surface area contributed by atoms with Crippen molar-refractivity contribution in [1.82, 2.24) is 9.88 Å². The molecule has 0 spiro atoms. The van der Waals surface area contributed by atoms with Crippen LogP contribution in [0, 0.1) is 0 Å². The van der Waals surface area contributed by atoms with E-state index in [-0.39, 0.29) is 30.9 Å². The summed E-state index contributed by atoms with van der Waals surface area (Å²) in [6, 6.07) is 17.3. The Labute approximate surface area is 183 Å². The maximum Gasteiger partial charge on any atom is 0.326 e. The van der Waals surface area contributed by atoms with Crippen LogP contribution in [0.5, 0.6) is 0 Å². The van der Waals surface area contributed by atoms with Crippen LogP contribution in [0.1, 0.15) is 43.8 Å². The number of imide groups is 1. The Morgan fingerprint density at radius 3 is 2.47 bits per heavy atom. The Kier molecular flexibility index (Phi) is 4.15. The number of fused-ring (bicyclic) bond motifs is 8. The topological polar surface area (TPSA) is 77.4 Å². The van der Waals surface area contributed by atoms with Crippen LogP contribution < -0.4 is 5.32 Å². The summed E-state index contributed by atoms with van der Waals surface area (Å²) in [6.07, 6.45) is 2.49. The zero-order chi connectivity index (χ0) is 21.8. The molecule has 4 aromatic rings. The second-order valence-corrected chi connectivity index (χ2v) is 8.32.